The molecule has 0 aliphatic rings. The minimum atomic E-state index is 1.14. The number of anilines is 3. The molecule has 3 heterocycles. The minimum absolute atomic E-state index is 1.14. The highest BCUT2D eigenvalue weighted by atomic mass is 32.1. The second kappa shape index (κ2) is 11.0. The molecule has 0 unspecified atom stereocenters. The van der Waals surface area contributed by atoms with E-state index < -0.39 is 0 Å². The van der Waals surface area contributed by atoms with Gasteiger partial charge in [0.25, 0.3) is 0 Å². The van der Waals surface area contributed by atoms with Crippen LogP contribution in [0.1, 0.15) is 0 Å². The Balaban J connectivity index is 1.27. The van der Waals surface area contributed by atoms with Gasteiger partial charge in [0.15, 0.2) is 0 Å². The fraction of sp³-hybridized carbons (Fsp3) is 0. The van der Waals surface area contributed by atoms with E-state index in [0.717, 1.165) is 5.69 Å². The molecule has 0 amide bonds. The highest BCUT2D eigenvalue weighted by Gasteiger charge is 2.24. The van der Waals surface area contributed by atoms with Crippen molar-refractivity contribution in [2.75, 3.05) is 4.90 Å². The minimum Gasteiger partial charge on any atom is -0.308 e. The molecular formula is C44H28N2S2. The van der Waals surface area contributed by atoms with Gasteiger partial charge in [-0.2, -0.15) is 0 Å². The van der Waals surface area contributed by atoms with Crippen LogP contribution in [0.2, 0.25) is 0 Å². The molecule has 0 aliphatic carbocycles. The molecule has 0 saturated heterocycles. The molecular weight excluding hydrogens is 621 g/mol. The predicted molar refractivity (Wildman–Crippen MR) is 209 cm³/mol. The number of fused-ring (bicyclic) bond motifs is 8. The standard InChI is InChI=1S/C44H28N2S2/c1-3-13-29(14-4-1)30-25-27-32(28-26-30)45(38-22-11-19-34-33-17-8-10-24-40(33)47-42(34)38)39-23-12-20-36-41-44(48-43(36)39)35-18-7-9-21-37(35)46(41)31-15-5-2-6-16-31/h1-28H. The Bertz CT molecular complexity index is 2770. The molecule has 10 rings (SSSR count). The van der Waals surface area contributed by atoms with E-state index in [1.165, 1.54) is 79.6 Å². The zero-order valence-electron chi connectivity index (χ0n) is 25.9. The topological polar surface area (TPSA) is 8.17 Å². The average molecular weight is 649 g/mol. The molecule has 226 valence electrons. The van der Waals surface area contributed by atoms with Gasteiger partial charge in [-0.25, -0.2) is 0 Å². The van der Waals surface area contributed by atoms with E-state index in [1.54, 1.807) is 0 Å². The fourth-order valence-electron chi connectivity index (χ4n) is 7.25. The molecule has 3 aromatic heterocycles. The zero-order valence-corrected chi connectivity index (χ0v) is 27.5. The zero-order chi connectivity index (χ0) is 31.6. The molecule has 0 fully saturated rings. The molecule has 2 nitrogen and oxygen atoms in total. The molecule has 48 heavy (non-hydrogen) atoms. The van der Waals surface area contributed by atoms with E-state index in [-0.39, 0.29) is 0 Å². The van der Waals surface area contributed by atoms with Crippen molar-refractivity contribution in [3.8, 4) is 16.8 Å². The van der Waals surface area contributed by atoms with Crippen LogP contribution < -0.4 is 4.90 Å². The smallest absolute Gasteiger partial charge is 0.0728 e. The molecule has 7 aromatic carbocycles. The van der Waals surface area contributed by atoms with E-state index in [9.17, 15) is 0 Å². The second-order valence-corrected chi connectivity index (χ2v) is 14.2. The summed E-state index contributed by atoms with van der Waals surface area (Å²) in [4.78, 5) is 2.49. The summed E-state index contributed by atoms with van der Waals surface area (Å²) in [6.45, 7) is 0. The van der Waals surface area contributed by atoms with Crippen LogP contribution in [-0.2, 0) is 0 Å². The van der Waals surface area contributed by atoms with E-state index in [4.69, 9.17) is 0 Å². The SMILES string of the molecule is c1ccc(-c2ccc(N(c3cccc4c3sc3ccccc34)c3cccc4c3sc3c5ccccc5n(-c5ccccc5)c43)cc2)cc1. The maximum atomic E-state index is 2.49. The van der Waals surface area contributed by atoms with Gasteiger partial charge < -0.3 is 9.47 Å². The van der Waals surface area contributed by atoms with Gasteiger partial charge in [-0.15, -0.1) is 22.7 Å². The van der Waals surface area contributed by atoms with Crippen molar-refractivity contribution in [2.45, 2.75) is 0 Å². The lowest BCUT2D eigenvalue weighted by Crippen LogP contribution is -2.10. The Hall–Kier alpha value is -5.68. The third-order valence-electron chi connectivity index (χ3n) is 9.39. The van der Waals surface area contributed by atoms with E-state index in [1.807, 2.05) is 22.7 Å². The number of hydrogen-bond acceptors (Lipinski definition) is 3. The van der Waals surface area contributed by atoms with Crippen LogP contribution in [-0.4, -0.2) is 4.57 Å². The van der Waals surface area contributed by atoms with Crippen molar-refractivity contribution in [1.82, 2.24) is 4.57 Å². The van der Waals surface area contributed by atoms with Crippen molar-refractivity contribution >= 4 is 91.1 Å². The summed E-state index contributed by atoms with van der Waals surface area (Å²) in [5.74, 6) is 0. The highest BCUT2D eigenvalue weighted by molar-refractivity contribution is 7.27. The summed E-state index contributed by atoms with van der Waals surface area (Å²) >= 11 is 3.78. The monoisotopic (exact) mass is 648 g/mol. The largest absolute Gasteiger partial charge is 0.308 e. The first kappa shape index (κ1) is 27.4. The lowest BCUT2D eigenvalue weighted by atomic mass is 10.0. The molecule has 0 atom stereocenters. The number of benzene rings is 7. The molecule has 0 N–H and O–H groups in total. The fourth-order valence-corrected chi connectivity index (χ4v) is 9.78. The number of nitrogens with zero attached hydrogens (tertiary/aromatic N) is 2. The molecule has 0 saturated carbocycles. The van der Waals surface area contributed by atoms with Crippen molar-refractivity contribution in [1.29, 1.82) is 0 Å². The van der Waals surface area contributed by atoms with E-state index in [2.05, 4.69) is 179 Å². The summed E-state index contributed by atoms with van der Waals surface area (Å²) in [6.07, 6.45) is 0. The first-order chi connectivity index (χ1) is 23.8. The van der Waals surface area contributed by atoms with E-state index in [0.29, 0.717) is 0 Å². The van der Waals surface area contributed by atoms with Gasteiger partial charge in [-0.05, 0) is 59.7 Å². The van der Waals surface area contributed by atoms with Crippen LogP contribution in [0.15, 0.2) is 170 Å². The van der Waals surface area contributed by atoms with Crippen LogP contribution in [0.5, 0.6) is 0 Å². The Kier molecular flexibility index (Phi) is 6.26. The average Bonchev–Trinajstić information content (AvgIpc) is 3.83. The van der Waals surface area contributed by atoms with Crippen LogP contribution in [0.4, 0.5) is 17.1 Å². The van der Waals surface area contributed by atoms with E-state index >= 15 is 0 Å². The molecule has 0 spiro atoms. The maximum absolute atomic E-state index is 2.49. The summed E-state index contributed by atoms with van der Waals surface area (Å²) in [7, 11) is 0. The molecule has 0 bridgehead atoms. The maximum Gasteiger partial charge on any atom is 0.0728 e. The number of aromatic nitrogens is 1. The quantitative estimate of drug-likeness (QED) is 0.180. The van der Waals surface area contributed by atoms with Crippen molar-refractivity contribution in [3.63, 3.8) is 0 Å². The highest BCUT2D eigenvalue weighted by Crippen LogP contribution is 2.50. The Morgan fingerprint density at radius 3 is 1.75 bits per heavy atom. The summed E-state index contributed by atoms with van der Waals surface area (Å²) in [5, 5.41) is 5.15. The number of thiophene rings is 2. The van der Waals surface area contributed by atoms with Crippen LogP contribution in [0, 0.1) is 0 Å². The van der Waals surface area contributed by atoms with Gasteiger partial charge in [0, 0.05) is 37.6 Å². The Labute approximate surface area is 286 Å². The van der Waals surface area contributed by atoms with Crippen LogP contribution >= 0.6 is 22.7 Å². The molecule has 4 heteroatoms. The second-order valence-electron chi connectivity index (χ2n) is 12.1. The first-order valence-electron chi connectivity index (χ1n) is 16.2. The van der Waals surface area contributed by atoms with Gasteiger partial charge in [0.2, 0.25) is 0 Å². The van der Waals surface area contributed by atoms with Crippen molar-refractivity contribution < 1.29 is 0 Å². The molecule has 0 radical (unpaired) electrons. The molecule has 10 aromatic rings. The van der Waals surface area contributed by atoms with Gasteiger partial charge in [-0.3, -0.25) is 0 Å². The van der Waals surface area contributed by atoms with Crippen LogP contribution in [0.3, 0.4) is 0 Å². The van der Waals surface area contributed by atoms with Gasteiger partial charge in [-0.1, -0.05) is 121 Å². The Morgan fingerprint density at radius 1 is 0.396 bits per heavy atom. The lowest BCUT2D eigenvalue weighted by Gasteiger charge is -2.27. The number of para-hydroxylation sites is 2. The van der Waals surface area contributed by atoms with Crippen molar-refractivity contribution in [2.24, 2.45) is 0 Å². The van der Waals surface area contributed by atoms with Gasteiger partial charge in [0.1, 0.15) is 0 Å². The summed E-state index contributed by atoms with van der Waals surface area (Å²) < 4.78 is 7.64. The normalized spacial score (nSPS) is 11.8. The predicted octanol–water partition coefficient (Wildman–Crippen LogP) is 13.5. The summed E-state index contributed by atoms with van der Waals surface area (Å²) in [5.41, 5.74) is 9.64. The van der Waals surface area contributed by atoms with Gasteiger partial charge >= 0.3 is 0 Å². The lowest BCUT2D eigenvalue weighted by molar-refractivity contribution is 1.19. The third-order valence-corrected chi connectivity index (χ3v) is 11.9. The number of rotatable bonds is 5. The summed E-state index contributed by atoms with van der Waals surface area (Å²) in [6, 6.07) is 61.6. The first-order valence-corrected chi connectivity index (χ1v) is 17.8. The van der Waals surface area contributed by atoms with Gasteiger partial charge in [0.05, 0.1) is 36.5 Å². The number of hydrogen-bond donors (Lipinski definition) is 0. The van der Waals surface area contributed by atoms with Crippen LogP contribution in [0.25, 0.3) is 68.2 Å². The Morgan fingerprint density at radius 2 is 0.979 bits per heavy atom. The third kappa shape index (κ3) is 4.17. The molecule has 0 aliphatic heterocycles. The van der Waals surface area contributed by atoms with Crippen molar-refractivity contribution in [3.05, 3.63) is 170 Å².